The highest BCUT2D eigenvalue weighted by molar-refractivity contribution is 7.89. The number of rotatable bonds is 4. The number of benzene rings is 1. The molecule has 0 atom stereocenters. The Morgan fingerprint density at radius 3 is 2.63 bits per heavy atom. The number of nitrogen functional groups attached to an aromatic ring is 1. The van der Waals surface area contributed by atoms with Gasteiger partial charge in [0.25, 0.3) is 0 Å². The molecule has 0 saturated heterocycles. The van der Waals surface area contributed by atoms with Crippen molar-refractivity contribution in [3.8, 4) is 0 Å². The van der Waals surface area contributed by atoms with E-state index in [4.69, 9.17) is 10.2 Å². The van der Waals surface area contributed by atoms with Crippen LogP contribution in [-0.4, -0.2) is 8.42 Å². The summed E-state index contributed by atoms with van der Waals surface area (Å²) in [5.74, 6) is 0. The third-order valence-electron chi connectivity index (χ3n) is 3.04. The SMILES string of the molecule is Cc1cc(S(=O)(=O)NCc2ccoc2)cc(N)c1C. The molecule has 6 heteroatoms. The number of hydrogen-bond acceptors (Lipinski definition) is 4. The van der Waals surface area contributed by atoms with Crippen LogP contribution in [-0.2, 0) is 16.6 Å². The van der Waals surface area contributed by atoms with Crippen LogP contribution < -0.4 is 10.5 Å². The summed E-state index contributed by atoms with van der Waals surface area (Å²) < 4.78 is 31.7. The van der Waals surface area contributed by atoms with Crippen LogP contribution in [0.25, 0.3) is 0 Å². The molecular weight excluding hydrogens is 264 g/mol. The fraction of sp³-hybridized carbons (Fsp3) is 0.231. The van der Waals surface area contributed by atoms with Crippen molar-refractivity contribution in [2.24, 2.45) is 0 Å². The van der Waals surface area contributed by atoms with Gasteiger partial charge in [-0.2, -0.15) is 0 Å². The van der Waals surface area contributed by atoms with Gasteiger partial charge >= 0.3 is 0 Å². The molecule has 19 heavy (non-hydrogen) atoms. The van der Waals surface area contributed by atoms with E-state index in [1.165, 1.54) is 18.6 Å². The molecule has 102 valence electrons. The van der Waals surface area contributed by atoms with Gasteiger partial charge in [0.1, 0.15) is 0 Å². The van der Waals surface area contributed by atoms with Crippen molar-refractivity contribution in [1.29, 1.82) is 0 Å². The zero-order chi connectivity index (χ0) is 14.0. The Morgan fingerprint density at radius 1 is 1.32 bits per heavy atom. The highest BCUT2D eigenvalue weighted by Gasteiger charge is 2.16. The standard InChI is InChI=1S/C13H16N2O3S/c1-9-5-12(6-13(14)10(9)2)19(16,17)15-7-11-3-4-18-8-11/h3-6,8,15H,7,14H2,1-2H3. The van der Waals surface area contributed by atoms with Crippen molar-refractivity contribution < 1.29 is 12.8 Å². The van der Waals surface area contributed by atoms with E-state index in [-0.39, 0.29) is 11.4 Å². The summed E-state index contributed by atoms with van der Waals surface area (Å²) in [7, 11) is -3.57. The van der Waals surface area contributed by atoms with Gasteiger partial charge in [-0.3, -0.25) is 0 Å². The summed E-state index contributed by atoms with van der Waals surface area (Å²) in [5.41, 5.74) is 8.79. The molecule has 0 bridgehead atoms. The minimum Gasteiger partial charge on any atom is -0.472 e. The maximum Gasteiger partial charge on any atom is 0.240 e. The second kappa shape index (κ2) is 5.07. The average Bonchev–Trinajstić information content (AvgIpc) is 2.86. The van der Waals surface area contributed by atoms with E-state index in [0.717, 1.165) is 16.7 Å². The molecule has 0 saturated carbocycles. The van der Waals surface area contributed by atoms with Crippen LogP contribution in [0.3, 0.4) is 0 Å². The van der Waals surface area contributed by atoms with Gasteiger partial charge in [-0.15, -0.1) is 0 Å². The number of hydrogen-bond donors (Lipinski definition) is 2. The Kier molecular flexibility index (Phi) is 3.64. The van der Waals surface area contributed by atoms with Crippen molar-refractivity contribution in [2.45, 2.75) is 25.3 Å². The van der Waals surface area contributed by atoms with Crippen molar-refractivity contribution in [2.75, 3.05) is 5.73 Å². The Bertz CT molecular complexity index is 653. The Morgan fingerprint density at radius 2 is 2.05 bits per heavy atom. The summed E-state index contributed by atoms with van der Waals surface area (Å²) in [6, 6.07) is 4.79. The van der Waals surface area contributed by atoms with Gasteiger partial charge in [0, 0.05) is 17.8 Å². The van der Waals surface area contributed by atoms with Gasteiger partial charge in [-0.1, -0.05) is 0 Å². The van der Waals surface area contributed by atoms with Crippen LogP contribution >= 0.6 is 0 Å². The van der Waals surface area contributed by atoms with Crippen LogP contribution in [0.5, 0.6) is 0 Å². The summed E-state index contributed by atoms with van der Waals surface area (Å²) in [6.07, 6.45) is 2.99. The maximum atomic E-state index is 12.1. The normalized spacial score (nSPS) is 11.7. The molecule has 1 aromatic heterocycles. The van der Waals surface area contributed by atoms with Crippen molar-refractivity contribution >= 4 is 15.7 Å². The molecule has 0 aliphatic carbocycles. The van der Waals surface area contributed by atoms with E-state index in [9.17, 15) is 8.42 Å². The summed E-state index contributed by atoms with van der Waals surface area (Å²) in [6.45, 7) is 3.88. The average molecular weight is 280 g/mol. The molecule has 2 aromatic rings. The lowest BCUT2D eigenvalue weighted by atomic mass is 10.1. The third kappa shape index (κ3) is 2.97. The van der Waals surface area contributed by atoms with Gasteiger partial charge in [0.15, 0.2) is 0 Å². The van der Waals surface area contributed by atoms with Gasteiger partial charge in [0.2, 0.25) is 10.0 Å². The first-order valence-electron chi connectivity index (χ1n) is 5.77. The molecule has 0 spiro atoms. The molecule has 1 heterocycles. The molecular formula is C13H16N2O3S. The largest absolute Gasteiger partial charge is 0.472 e. The van der Waals surface area contributed by atoms with Crippen LogP contribution in [0.2, 0.25) is 0 Å². The number of nitrogens with one attached hydrogen (secondary N) is 1. The first kappa shape index (κ1) is 13.6. The second-order valence-corrected chi connectivity index (χ2v) is 6.18. The smallest absolute Gasteiger partial charge is 0.240 e. The molecule has 5 nitrogen and oxygen atoms in total. The van der Waals surface area contributed by atoms with E-state index in [1.807, 2.05) is 13.8 Å². The second-order valence-electron chi connectivity index (χ2n) is 4.41. The first-order chi connectivity index (χ1) is 8.90. The highest BCUT2D eigenvalue weighted by Crippen LogP contribution is 2.21. The number of aryl methyl sites for hydroxylation is 1. The fourth-order valence-corrected chi connectivity index (χ4v) is 2.80. The van der Waals surface area contributed by atoms with E-state index in [2.05, 4.69) is 4.72 Å². The summed E-state index contributed by atoms with van der Waals surface area (Å²) >= 11 is 0. The highest BCUT2D eigenvalue weighted by atomic mass is 32.2. The van der Waals surface area contributed by atoms with Crippen molar-refractivity contribution in [3.05, 3.63) is 47.4 Å². The lowest BCUT2D eigenvalue weighted by Crippen LogP contribution is -2.23. The van der Waals surface area contributed by atoms with Crippen LogP contribution in [0.15, 0.2) is 40.0 Å². The molecule has 0 amide bonds. The number of nitrogens with two attached hydrogens (primary N) is 1. The van der Waals surface area contributed by atoms with Crippen LogP contribution in [0.1, 0.15) is 16.7 Å². The summed E-state index contributed by atoms with van der Waals surface area (Å²) in [4.78, 5) is 0.177. The minimum absolute atomic E-state index is 0.177. The third-order valence-corrected chi connectivity index (χ3v) is 4.42. The molecule has 2 rings (SSSR count). The van der Waals surface area contributed by atoms with Gasteiger partial charge < -0.3 is 10.2 Å². The predicted molar refractivity (Wildman–Crippen MR) is 73.1 cm³/mol. The van der Waals surface area contributed by atoms with E-state index in [0.29, 0.717) is 5.69 Å². The molecule has 0 fully saturated rings. The van der Waals surface area contributed by atoms with Gasteiger partial charge in [0.05, 0.1) is 17.4 Å². The molecule has 0 aliphatic heterocycles. The number of sulfonamides is 1. The lowest BCUT2D eigenvalue weighted by molar-refractivity contribution is 0.561. The monoisotopic (exact) mass is 280 g/mol. The van der Waals surface area contributed by atoms with Crippen molar-refractivity contribution in [1.82, 2.24) is 4.72 Å². The van der Waals surface area contributed by atoms with Crippen LogP contribution in [0, 0.1) is 13.8 Å². The molecule has 0 radical (unpaired) electrons. The Labute approximate surface area is 112 Å². The Balaban J connectivity index is 2.24. The van der Waals surface area contributed by atoms with E-state index in [1.54, 1.807) is 12.1 Å². The van der Waals surface area contributed by atoms with E-state index < -0.39 is 10.0 Å². The van der Waals surface area contributed by atoms with Crippen LogP contribution in [0.4, 0.5) is 5.69 Å². The van der Waals surface area contributed by atoms with E-state index >= 15 is 0 Å². The minimum atomic E-state index is -3.57. The maximum absolute atomic E-state index is 12.1. The Hall–Kier alpha value is -1.79. The number of anilines is 1. The topological polar surface area (TPSA) is 85.3 Å². The lowest BCUT2D eigenvalue weighted by Gasteiger charge is -2.10. The zero-order valence-electron chi connectivity index (χ0n) is 10.8. The fourth-order valence-electron chi connectivity index (χ4n) is 1.66. The molecule has 0 aliphatic rings. The predicted octanol–water partition coefficient (Wildman–Crippen LogP) is 1.96. The molecule has 1 aromatic carbocycles. The zero-order valence-corrected chi connectivity index (χ0v) is 11.6. The summed E-state index contributed by atoms with van der Waals surface area (Å²) in [5, 5.41) is 0. The van der Waals surface area contributed by atoms with Crippen molar-refractivity contribution in [3.63, 3.8) is 0 Å². The number of furan rings is 1. The molecule has 3 N–H and O–H groups in total. The first-order valence-corrected chi connectivity index (χ1v) is 7.26. The van der Waals surface area contributed by atoms with Gasteiger partial charge in [-0.25, -0.2) is 13.1 Å². The molecule has 0 unspecified atom stereocenters. The van der Waals surface area contributed by atoms with Gasteiger partial charge in [-0.05, 0) is 43.2 Å². The quantitative estimate of drug-likeness (QED) is 0.838.